The van der Waals surface area contributed by atoms with Crippen LogP contribution in [0, 0.1) is 6.92 Å². The Morgan fingerprint density at radius 3 is 2.61 bits per heavy atom. The number of phenolic OH excluding ortho intramolecular Hbond substituents is 1. The molecular formula is C17H16N4O2. The lowest BCUT2D eigenvalue weighted by molar-refractivity contribution is 0.373. The van der Waals surface area contributed by atoms with E-state index in [4.69, 9.17) is 4.74 Å². The summed E-state index contributed by atoms with van der Waals surface area (Å²) < 4.78 is 5.06. The van der Waals surface area contributed by atoms with E-state index in [-0.39, 0.29) is 5.75 Å². The van der Waals surface area contributed by atoms with Gasteiger partial charge in [0.15, 0.2) is 17.3 Å². The molecule has 0 spiro atoms. The minimum atomic E-state index is 0.0915. The highest BCUT2D eigenvalue weighted by Crippen LogP contribution is 2.25. The lowest BCUT2D eigenvalue weighted by Gasteiger charge is -2.06. The second-order valence-corrected chi connectivity index (χ2v) is 4.95. The molecule has 116 valence electrons. The molecule has 0 saturated carbocycles. The summed E-state index contributed by atoms with van der Waals surface area (Å²) in [6, 6.07) is 12.7. The van der Waals surface area contributed by atoms with E-state index < -0.39 is 0 Å². The third kappa shape index (κ3) is 3.21. The van der Waals surface area contributed by atoms with E-state index in [0.29, 0.717) is 11.6 Å². The van der Waals surface area contributed by atoms with Gasteiger partial charge in [0.1, 0.15) is 0 Å². The van der Waals surface area contributed by atoms with Crippen LogP contribution in [0.3, 0.4) is 0 Å². The molecule has 0 aliphatic heterocycles. The highest BCUT2D eigenvalue weighted by Gasteiger charge is 2.04. The maximum Gasteiger partial charge on any atom is 0.168 e. The SMILES string of the molecule is COc1cc(C=NNc2nc3ccccc3nc2C)ccc1O. The Bertz CT molecular complexity index is 878. The van der Waals surface area contributed by atoms with Gasteiger partial charge in [-0.3, -0.25) is 5.43 Å². The molecule has 0 amide bonds. The first kappa shape index (κ1) is 14.8. The van der Waals surface area contributed by atoms with Crippen molar-refractivity contribution < 1.29 is 9.84 Å². The summed E-state index contributed by atoms with van der Waals surface area (Å²) in [5.74, 6) is 1.09. The smallest absolute Gasteiger partial charge is 0.168 e. The van der Waals surface area contributed by atoms with Gasteiger partial charge in [-0.1, -0.05) is 12.1 Å². The van der Waals surface area contributed by atoms with Crippen LogP contribution in [-0.4, -0.2) is 28.4 Å². The molecule has 1 aromatic heterocycles. The van der Waals surface area contributed by atoms with Crippen LogP contribution in [0.25, 0.3) is 11.0 Å². The molecule has 2 N–H and O–H groups in total. The van der Waals surface area contributed by atoms with Crippen molar-refractivity contribution >= 4 is 23.1 Å². The molecule has 0 unspecified atom stereocenters. The molecule has 0 aliphatic carbocycles. The Kier molecular flexibility index (Phi) is 4.05. The minimum Gasteiger partial charge on any atom is -0.504 e. The number of anilines is 1. The molecule has 0 radical (unpaired) electrons. The Morgan fingerprint density at radius 1 is 1.13 bits per heavy atom. The fourth-order valence-electron chi connectivity index (χ4n) is 2.14. The summed E-state index contributed by atoms with van der Waals surface area (Å²) in [5.41, 5.74) is 6.11. The fraction of sp³-hybridized carbons (Fsp3) is 0.118. The van der Waals surface area contributed by atoms with Crippen molar-refractivity contribution in [3.8, 4) is 11.5 Å². The van der Waals surface area contributed by atoms with E-state index in [0.717, 1.165) is 22.3 Å². The van der Waals surface area contributed by atoms with E-state index >= 15 is 0 Å². The molecule has 3 rings (SSSR count). The van der Waals surface area contributed by atoms with Gasteiger partial charge in [0.05, 0.1) is 30.1 Å². The second-order valence-electron chi connectivity index (χ2n) is 4.95. The van der Waals surface area contributed by atoms with Crippen molar-refractivity contribution in [3.63, 3.8) is 0 Å². The van der Waals surface area contributed by atoms with Gasteiger partial charge in [-0.15, -0.1) is 0 Å². The third-order valence-electron chi connectivity index (χ3n) is 3.33. The van der Waals surface area contributed by atoms with Gasteiger partial charge in [0.2, 0.25) is 0 Å². The molecule has 0 aliphatic rings. The van der Waals surface area contributed by atoms with Crippen LogP contribution in [-0.2, 0) is 0 Å². The summed E-state index contributed by atoms with van der Waals surface area (Å²) in [7, 11) is 1.50. The molecule has 6 heteroatoms. The van der Waals surface area contributed by atoms with Gasteiger partial charge in [-0.25, -0.2) is 9.97 Å². The van der Waals surface area contributed by atoms with E-state index in [9.17, 15) is 5.11 Å². The number of aryl methyl sites for hydroxylation is 1. The zero-order valence-electron chi connectivity index (χ0n) is 12.8. The number of nitrogens with zero attached hydrogens (tertiary/aromatic N) is 3. The molecule has 0 saturated heterocycles. The molecule has 0 fully saturated rings. The number of benzene rings is 2. The number of fused-ring (bicyclic) bond motifs is 1. The molecule has 2 aromatic carbocycles. The minimum absolute atomic E-state index is 0.0915. The van der Waals surface area contributed by atoms with Crippen molar-refractivity contribution in [2.24, 2.45) is 5.10 Å². The van der Waals surface area contributed by atoms with Crippen LogP contribution in [0.5, 0.6) is 11.5 Å². The summed E-state index contributed by atoms with van der Waals surface area (Å²) in [6.07, 6.45) is 1.62. The van der Waals surface area contributed by atoms with Gasteiger partial charge in [0, 0.05) is 0 Å². The number of ether oxygens (including phenoxy) is 1. The van der Waals surface area contributed by atoms with Crippen molar-refractivity contribution in [1.29, 1.82) is 0 Å². The first-order chi connectivity index (χ1) is 11.2. The van der Waals surface area contributed by atoms with Gasteiger partial charge < -0.3 is 9.84 Å². The van der Waals surface area contributed by atoms with Crippen molar-refractivity contribution in [3.05, 3.63) is 53.7 Å². The molecule has 0 bridgehead atoms. The zero-order chi connectivity index (χ0) is 16.2. The number of para-hydroxylation sites is 2. The Balaban J connectivity index is 1.81. The standard InChI is InChI=1S/C17H16N4O2/c1-11-17(20-14-6-4-3-5-13(14)19-11)21-18-10-12-7-8-15(22)16(9-12)23-2/h3-10,22H,1-2H3,(H,20,21). The number of aromatic hydroxyl groups is 1. The predicted octanol–water partition coefficient (Wildman–Crippen LogP) is 3.10. The average Bonchev–Trinajstić information content (AvgIpc) is 2.56. The van der Waals surface area contributed by atoms with Gasteiger partial charge in [-0.05, 0) is 42.8 Å². The molecule has 1 heterocycles. The monoisotopic (exact) mass is 308 g/mol. The van der Waals surface area contributed by atoms with Crippen LogP contribution in [0.15, 0.2) is 47.6 Å². The number of nitrogens with one attached hydrogen (secondary N) is 1. The zero-order valence-corrected chi connectivity index (χ0v) is 12.8. The highest BCUT2D eigenvalue weighted by atomic mass is 16.5. The number of rotatable bonds is 4. The van der Waals surface area contributed by atoms with E-state index in [2.05, 4.69) is 20.5 Å². The maximum atomic E-state index is 9.57. The van der Waals surface area contributed by atoms with E-state index in [1.165, 1.54) is 7.11 Å². The summed E-state index contributed by atoms with van der Waals surface area (Å²) >= 11 is 0. The largest absolute Gasteiger partial charge is 0.504 e. The summed E-state index contributed by atoms with van der Waals surface area (Å²) in [5, 5.41) is 13.7. The number of aromatic nitrogens is 2. The Labute approximate surface area is 133 Å². The fourth-order valence-corrected chi connectivity index (χ4v) is 2.14. The normalized spacial score (nSPS) is 11.0. The van der Waals surface area contributed by atoms with Crippen molar-refractivity contribution in [2.45, 2.75) is 6.92 Å². The molecule has 6 nitrogen and oxygen atoms in total. The lowest BCUT2D eigenvalue weighted by atomic mass is 10.2. The summed E-state index contributed by atoms with van der Waals surface area (Å²) in [4.78, 5) is 8.99. The number of hydrazone groups is 1. The van der Waals surface area contributed by atoms with Crippen LogP contribution in [0.1, 0.15) is 11.3 Å². The van der Waals surface area contributed by atoms with E-state index in [1.54, 1.807) is 24.4 Å². The average molecular weight is 308 g/mol. The Hall–Kier alpha value is -3.15. The number of methoxy groups -OCH3 is 1. The van der Waals surface area contributed by atoms with Gasteiger partial charge >= 0.3 is 0 Å². The maximum absolute atomic E-state index is 9.57. The van der Waals surface area contributed by atoms with Gasteiger partial charge in [0.25, 0.3) is 0 Å². The van der Waals surface area contributed by atoms with E-state index in [1.807, 2.05) is 31.2 Å². The quantitative estimate of drug-likeness (QED) is 0.572. The third-order valence-corrected chi connectivity index (χ3v) is 3.33. The van der Waals surface area contributed by atoms with Crippen LogP contribution >= 0.6 is 0 Å². The van der Waals surface area contributed by atoms with Crippen LogP contribution in [0.2, 0.25) is 0 Å². The molecule has 3 aromatic rings. The topological polar surface area (TPSA) is 79.6 Å². The molecular weight excluding hydrogens is 292 g/mol. The molecule has 23 heavy (non-hydrogen) atoms. The first-order valence-electron chi connectivity index (χ1n) is 7.07. The lowest BCUT2D eigenvalue weighted by Crippen LogP contribution is -1.99. The van der Waals surface area contributed by atoms with Crippen LogP contribution < -0.4 is 10.2 Å². The number of hydrogen-bond acceptors (Lipinski definition) is 6. The predicted molar refractivity (Wildman–Crippen MR) is 90.2 cm³/mol. The molecule has 0 atom stereocenters. The van der Waals surface area contributed by atoms with Crippen molar-refractivity contribution in [2.75, 3.05) is 12.5 Å². The second kappa shape index (κ2) is 6.31. The van der Waals surface area contributed by atoms with Crippen molar-refractivity contribution in [1.82, 2.24) is 9.97 Å². The number of hydrogen-bond donors (Lipinski definition) is 2. The van der Waals surface area contributed by atoms with Gasteiger partial charge in [-0.2, -0.15) is 5.10 Å². The highest BCUT2D eigenvalue weighted by molar-refractivity contribution is 5.82. The van der Waals surface area contributed by atoms with Crippen LogP contribution in [0.4, 0.5) is 5.82 Å². The summed E-state index contributed by atoms with van der Waals surface area (Å²) in [6.45, 7) is 1.88. The Morgan fingerprint density at radius 2 is 1.87 bits per heavy atom. The first-order valence-corrected chi connectivity index (χ1v) is 7.07. The number of phenols is 1.